The maximum atomic E-state index is 12.5. The predicted octanol–water partition coefficient (Wildman–Crippen LogP) is 5.01. The Balaban J connectivity index is 1.85. The zero-order valence-electron chi connectivity index (χ0n) is 17.9. The molecule has 1 amide bonds. The lowest BCUT2D eigenvalue weighted by molar-refractivity contribution is -0.114. The van der Waals surface area contributed by atoms with Crippen LogP contribution >= 0.6 is 23.4 Å². The van der Waals surface area contributed by atoms with Crippen LogP contribution in [0.15, 0.2) is 70.4 Å². The molecule has 2 N–H and O–H groups in total. The number of hydrogen-bond donors (Lipinski definition) is 2. The van der Waals surface area contributed by atoms with Gasteiger partial charge in [0.25, 0.3) is 0 Å². The number of carbonyl (C=O) groups excluding carboxylic acids is 2. The summed E-state index contributed by atoms with van der Waals surface area (Å²) in [5.74, 6) is -0.151. The largest absolute Gasteiger partial charge is 0.497 e. The number of halogens is 1. The number of benzene rings is 2. The summed E-state index contributed by atoms with van der Waals surface area (Å²) in [6.45, 7) is 3.28. The van der Waals surface area contributed by atoms with E-state index in [9.17, 15) is 14.9 Å². The number of allylic oxidation sites excluding steroid dienone is 3. The van der Waals surface area contributed by atoms with Gasteiger partial charge in [0, 0.05) is 28.0 Å². The van der Waals surface area contributed by atoms with Gasteiger partial charge < -0.3 is 15.4 Å². The molecule has 2 aromatic carbocycles. The van der Waals surface area contributed by atoms with E-state index in [1.54, 1.807) is 50.4 Å². The highest BCUT2D eigenvalue weighted by atomic mass is 35.5. The normalized spacial score (nSPS) is 15.7. The zero-order chi connectivity index (χ0) is 23.3. The third-order valence-corrected chi connectivity index (χ3v) is 6.20. The molecule has 0 fully saturated rings. The van der Waals surface area contributed by atoms with Crippen LogP contribution in [0.1, 0.15) is 25.3 Å². The first-order valence-electron chi connectivity index (χ1n) is 9.79. The van der Waals surface area contributed by atoms with Gasteiger partial charge in [-0.3, -0.25) is 9.59 Å². The fourth-order valence-electron chi connectivity index (χ4n) is 3.52. The molecule has 164 valence electrons. The van der Waals surface area contributed by atoms with Crippen molar-refractivity contribution < 1.29 is 14.3 Å². The van der Waals surface area contributed by atoms with Crippen molar-refractivity contribution in [1.29, 1.82) is 5.26 Å². The minimum atomic E-state index is -0.528. The third kappa shape index (κ3) is 5.34. The van der Waals surface area contributed by atoms with Crippen molar-refractivity contribution >= 4 is 40.7 Å². The molecule has 6 nitrogen and oxygen atoms in total. The molecule has 0 spiro atoms. The maximum absolute atomic E-state index is 12.5. The number of dihydropyridines is 1. The van der Waals surface area contributed by atoms with Crippen molar-refractivity contribution in [2.24, 2.45) is 0 Å². The van der Waals surface area contributed by atoms with Gasteiger partial charge in [-0.15, -0.1) is 0 Å². The number of ether oxygens (including phenoxy) is 1. The summed E-state index contributed by atoms with van der Waals surface area (Å²) >= 11 is 7.24. The molecule has 0 unspecified atom stereocenters. The van der Waals surface area contributed by atoms with Gasteiger partial charge in [0.15, 0.2) is 5.78 Å². The van der Waals surface area contributed by atoms with E-state index in [4.69, 9.17) is 16.3 Å². The minimum absolute atomic E-state index is 0.0841. The summed E-state index contributed by atoms with van der Waals surface area (Å²) in [6.07, 6.45) is 0. The lowest BCUT2D eigenvalue weighted by Crippen LogP contribution is -2.27. The topological polar surface area (TPSA) is 91.2 Å². The monoisotopic (exact) mass is 467 g/mol. The number of methoxy groups -OCH3 is 1. The van der Waals surface area contributed by atoms with Crippen LogP contribution in [0.25, 0.3) is 0 Å². The molecular formula is C24H22ClN3O3S. The smallest absolute Gasteiger partial charge is 0.234 e. The number of carbonyl (C=O) groups is 2. The van der Waals surface area contributed by atoms with Crippen LogP contribution in [-0.4, -0.2) is 24.6 Å². The lowest BCUT2D eigenvalue weighted by Gasteiger charge is -2.29. The summed E-state index contributed by atoms with van der Waals surface area (Å²) in [7, 11) is 1.56. The first-order valence-corrected chi connectivity index (χ1v) is 11.2. The van der Waals surface area contributed by atoms with Crippen LogP contribution in [0, 0.1) is 11.3 Å². The van der Waals surface area contributed by atoms with E-state index in [1.165, 1.54) is 18.7 Å². The van der Waals surface area contributed by atoms with Gasteiger partial charge in [0.2, 0.25) is 5.91 Å². The first kappa shape index (κ1) is 23.5. The van der Waals surface area contributed by atoms with Gasteiger partial charge >= 0.3 is 0 Å². The van der Waals surface area contributed by atoms with Crippen LogP contribution in [0.3, 0.4) is 0 Å². The summed E-state index contributed by atoms with van der Waals surface area (Å²) in [5.41, 5.74) is 2.98. The molecule has 0 radical (unpaired) electrons. The number of ketones is 1. The van der Waals surface area contributed by atoms with Crippen LogP contribution in [0.5, 0.6) is 5.75 Å². The van der Waals surface area contributed by atoms with Crippen molar-refractivity contribution in [1.82, 2.24) is 5.32 Å². The molecule has 0 bridgehead atoms. The SMILES string of the molecule is COc1cccc(NC(=O)CSC2=C(C#N)[C@@H](c3ccc(Cl)cc3)C(C(C)=O)=C(C)N2)c1. The number of amides is 1. The van der Waals surface area contributed by atoms with Crippen molar-refractivity contribution in [3.8, 4) is 11.8 Å². The van der Waals surface area contributed by atoms with E-state index in [-0.39, 0.29) is 17.4 Å². The molecule has 0 aromatic heterocycles. The predicted molar refractivity (Wildman–Crippen MR) is 127 cm³/mol. The first-order chi connectivity index (χ1) is 15.3. The number of anilines is 1. The average molecular weight is 468 g/mol. The Kier molecular flexibility index (Phi) is 7.62. The molecule has 0 saturated carbocycles. The maximum Gasteiger partial charge on any atom is 0.234 e. The number of nitriles is 1. The standard InChI is InChI=1S/C24H22ClN3O3S/c1-14-22(15(2)29)23(16-7-9-17(25)10-8-16)20(12-26)24(27-14)32-13-21(30)28-18-5-4-6-19(11-18)31-3/h4-11,23,27H,13H2,1-3H3,(H,28,30)/t23-/m1/s1. The van der Waals surface area contributed by atoms with Gasteiger partial charge in [0.05, 0.1) is 35.5 Å². The Hall–Kier alpha value is -3.21. The number of Topliss-reactive ketones (excluding diaryl/α,β-unsaturated/α-hetero) is 1. The molecule has 32 heavy (non-hydrogen) atoms. The van der Waals surface area contributed by atoms with Gasteiger partial charge in [0.1, 0.15) is 5.75 Å². The van der Waals surface area contributed by atoms with Gasteiger partial charge in [-0.2, -0.15) is 5.26 Å². The second-order valence-electron chi connectivity index (χ2n) is 7.13. The number of nitrogens with zero attached hydrogens (tertiary/aromatic N) is 1. The lowest BCUT2D eigenvalue weighted by atomic mass is 9.81. The quantitative estimate of drug-likeness (QED) is 0.595. The highest BCUT2D eigenvalue weighted by Crippen LogP contribution is 2.41. The highest BCUT2D eigenvalue weighted by molar-refractivity contribution is 8.03. The van der Waals surface area contributed by atoms with E-state index in [0.29, 0.717) is 38.3 Å². The fourth-order valence-corrected chi connectivity index (χ4v) is 4.54. The zero-order valence-corrected chi connectivity index (χ0v) is 19.4. The summed E-state index contributed by atoms with van der Waals surface area (Å²) < 4.78 is 5.17. The molecular weight excluding hydrogens is 446 g/mol. The molecule has 2 aromatic rings. The third-order valence-electron chi connectivity index (χ3n) is 4.93. The fraction of sp³-hybridized carbons (Fsp3) is 0.208. The summed E-state index contributed by atoms with van der Waals surface area (Å²) in [4.78, 5) is 24.9. The summed E-state index contributed by atoms with van der Waals surface area (Å²) in [5, 5.41) is 17.0. The van der Waals surface area contributed by atoms with Gasteiger partial charge in [-0.1, -0.05) is 41.6 Å². The molecule has 1 aliphatic heterocycles. The second-order valence-corrected chi connectivity index (χ2v) is 8.55. The van der Waals surface area contributed by atoms with Crippen molar-refractivity contribution in [2.75, 3.05) is 18.2 Å². The van der Waals surface area contributed by atoms with Crippen LogP contribution in [0.2, 0.25) is 5.02 Å². The Bertz CT molecular complexity index is 1150. The molecule has 0 aliphatic carbocycles. The Morgan fingerprint density at radius 2 is 1.97 bits per heavy atom. The number of thioether (sulfide) groups is 1. The van der Waals surface area contributed by atoms with Crippen LogP contribution < -0.4 is 15.4 Å². The summed E-state index contributed by atoms with van der Waals surface area (Å²) in [6, 6.07) is 16.4. The van der Waals surface area contributed by atoms with Crippen molar-refractivity contribution in [2.45, 2.75) is 19.8 Å². The van der Waals surface area contributed by atoms with Crippen LogP contribution in [0.4, 0.5) is 5.69 Å². The highest BCUT2D eigenvalue weighted by Gasteiger charge is 2.33. The number of rotatable bonds is 7. The Morgan fingerprint density at radius 1 is 1.25 bits per heavy atom. The van der Waals surface area contributed by atoms with Gasteiger partial charge in [-0.05, 0) is 43.7 Å². The Morgan fingerprint density at radius 3 is 2.59 bits per heavy atom. The number of nitrogens with one attached hydrogen (secondary N) is 2. The van der Waals surface area contributed by atoms with E-state index >= 15 is 0 Å². The van der Waals surface area contributed by atoms with Crippen LogP contribution in [-0.2, 0) is 9.59 Å². The van der Waals surface area contributed by atoms with Crippen molar-refractivity contribution in [3.05, 3.63) is 81.0 Å². The molecule has 1 heterocycles. The second kappa shape index (κ2) is 10.4. The number of hydrogen-bond acceptors (Lipinski definition) is 6. The van der Waals surface area contributed by atoms with E-state index in [0.717, 1.165) is 5.56 Å². The minimum Gasteiger partial charge on any atom is -0.497 e. The Labute approximate surface area is 196 Å². The molecule has 0 saturated heterocycles. The van der Waals surface area contributed by atoms with Crippen molar-refractivity contribution in [3.63, 3.8) is 0 Å². The van der Waals surface area contributed by atoms with E-state index in [1.807, 2.05) is 12.1 Å². The van der Waals surface area contributed by atoms with E-state index in [2.05, 4.69) is 16.7 Å². The molecule has 1 atom stereocenters. The van der Waals surface area contributed by atoms with E-state index < -0.39 is 5.92 Å². The average Bonchev–Trinajstić information content (AvgIpc) is 2.77. The molecule has 8 heteroatoms. The van der Waals surface area contributed by atoms with Gasteiger partial charge in [-0.25, -0.2) is 0 Å². The molecule has 3 rings (SSSR count). The molecule has 1 aliphatic rings.